The van der Waals surface area contributed by atoms with E-state index < -0.39 is 0 Å². The van der Waals surface area contributed by atoms with Gasteiger partial charge in [0.15, 0.2) is 11.5 Å². The third-order valence-corrected chi connectivity index (χ3v) is 4.07. The van der Waals surface area contributed by atoms with Crippen LogP contribution in [-0.2, 0) is 9.53 Å². The molecule has 0 radical (unpaired) electrons. The summed E-state index contributed by atoms with van der Waals surface area (Å²) in [6.07, 6.45) is 1.94. The highest BCUT2D eigenvalue weighted by Crippen LogP contribution is 2.31. The Bertz CT molecular complexity index is 505. The van der Waals surface area contributed by atoms with E-state index in [1.165, 1.54) is 7.11 Å². The highest BCUT2D eigenvalue weighted by molar-refractivity contribution is 5.72. The van der Waals surface area contributed by atoms with Gasteiger partial charge in [0.2, 0.25) is 0 Å². The van der Waals surface area contributed by atoms with E-state index >= 15 is 0 Å². The average Bonchev–Trinajstić information content (AvgIpc) is 2.54. The lowest BCUT2D eigenvalue weighted by Gasteiger charge is -2.35. The lowest BCUT2D eigenvalue weighted by atomic mass is 9.98. The zero-order valence-corrected chi connectivity index (χ0v) is 12.3. The lowest BCUT2D eigenvalue weighted by molar-refractivity contribution is -0.147. The summed E-state index contributed by atoms with van der Waals surface area (Å²) in [6, 6.07) is 7.72. The minimum Gasteiger partial charge on any atom is -0.486 e. The van der Waals surface area contributed by atoms with Crippen molar-refractivity contribution >= 4 is 5.97 Å². The van der Waals surface area contributed by atoms with Crippen molar-refractivity contribution in [3.8, 4) is 11.5 Å². The quantitative estimate of drug-likeness (QED) is 0.794. The van der Waals surface area contributed by atoms with Gasteiger partial charge in [0.1, 0.15) is 12.7 Å². The van der Waals surface area contributed by atoms with E-state index in [9.17, 15) is 4.79 Å². The fraction of sp³-hybridized carbons (Fsp3) is 0.562. The number of ether oxygens (including phenoxy) is 3. The van der Waals surface area contributed by atoms with Crippen molar-refractivity contribution < 1.29 is 19.0 Å². The summed E-state index contributed by atoms with van der Waals surface area (Å²) in [5.74, 6) is 1.49. The minimum atomic E-state index is -0.106. The van der Waals surface area contributed by atoms with E-state index in [0.29, 0.717) is 6.61 Å². The molecule has 0 aliphatic carbocycles. The molecule has 3 rings (SSSR count). The molecule has 0 N–H and O–H groups in total. The second-order valence-electron chi connectivity index (χ2n) is 5.62. The van der Waals surface area contributed by atoms with Gasteiger partial charge in [-0.25, -0.2) is 0 Å². The molecule has 21 heavy (non-hydrogen) atoms. The molecular weight excluding hydrogens is 270 g/mol. The molecule has 1 unspecified atom stereocenters. The molecule has 0 saturated carbocycles. The molecule has 0 spiro atoms. The summed E-state index contributed by atoms with van der Waals surface area (Å²) in [6.45, 7) is 3.07. The van der Waals surface area contributed by atoms with E-state index in [-0.39, 0.29) is 18.0 Å². The van der Waals surface area contributed by atoms with Crippen LogP contribution in [0, 0.1) is 5.92 Å². The van der Waals surface area contributed by atoms with Crippen LogP contribution >= 0.6 is 0 Å². The Morgan fingerprint density at radius 2 is 2.19 bits per heavy atom. The molecule has 2 aliphatic heterocycles. The molecule has 5 heteroatoms. The summed E-state index contributed by atoms with van der Waals surface area (Å²) in [7, 11) is 1.45. The topological polar surface area (TPSA) is 48.0 Å². The monoisotopic (exact) mass is 291 g/mol. The maximum absolute atomic E-state index is 11.7. The first-order valence-corrected chi connectivity index (χ1v) is 7.45. The number of carbonyl (C=O) groups is 1. The third-order valence-electron chi connectivity index (χ3n) is 4.07. The van der Waals surface area contributed by atoms with E-state index in [2.05, 4.69) is 4.90 Å². The van der Waals surface area contributed by atoms with Crippen LogP contribution in [0.4, 0.5) is 0 Å². The summed E-state index contributed by atoms with van der Waals surface area (Å²) in [5, 5.41) is 0. The number of nitrogens with zero attached hydrogens (tertiary/aromatic N) is 1. The van der Waals surface area contributed by atoms with E-state index in [1.54, 1.807) is 0 Å². The van der Waals surface area contributed by atoms with Crippen LogP contribution in [0.15, 0.2) is 24.3 Å². The van der Waals surface area contributed by atoms with E-state index in [0.717, 1.165) is 44.0 Å². The number of hydrogen-bond donors (Lipinski definition) is 0. The second-order valence-corrected chi connectivity index (χ2v) is 5.62. The fourth-order valence-electron chi connectivity index (χ4n) is 3.02. The van der Waals surface area contributed by atoms with Gasteiger partial charge in [-0.05, 0) is 31.5 Å². The van der Waals surface area contributed by atoms with Gasteiger partial charge in [-0.3, -0.25) is 9.69 Å². The van der Waals surface area contributed by atoms with Gasteiger partial charge in [-0.2, -0.15) is 0 Å². The van der Waals surface area contributed by atoms with Gasteiger partial charge in [-0.1, -0.05) is 12.1 Å². The van der Waals surface area contributed by atoms with Gasteiger partial charge >= 0.3 is 5.97 Å². The molecule has 1 fully saturated rings. The normalized spacial score (nSPS) is 25.4. The molecule has 114 valence electrons. The number of benzene rings is 1. The Morgan fingerprint density at radius 3 is 3.00 bits per heavy atom. The smallest absolute Gasteiger partial charge is 0.309 e. The number of carbonyl (C=O) groups excluding carboxylic acids is 1. The number of likely N-dealkylation sites (tertiary alicyclic amines) is 1. The third kappa shape index (κ3) is 3.29. The Kier molecular flexibility index (Phi) is 4.29. The van der Waals surface area contributed by atoms with Crippen molar-refractivity contribution in [2.45, 2.75) is 18.9 Å². The first kappa shape index (κ1) is 14.2. The van der Waals surface area contributed by atoms with Gasteiger partial charge in [0.05, 0.1) is 13.0 Å². The summed E-state index contributed by atoms with van der Waals surface area (Å²) < 4.78 is 16.6. The predicted molar refractivity (Wildman–Crippen MR) is 77.5 cm³/mol. The molecule has 2 heterocycles. The number of rotatable bonds is 3. The Labute approximate surface area is 124 Å². The first-order chi connectivity index (χ1) is 10.3. The van der Waals surface area contributed by atoms with Crippen molar-refractivity contribution in [3.05, 3.63) is 24.3 Å². The summed E-state index contributed by atoms with van der Waals surface area (Å²) in [4.78, 5) is 13.9. The number of methoxy groups -OCH3 is 1. The SMILES string of the molecule is COC(=O)[C@H]1CCCN(CC2COc3ccccc3O2)C1. The molecule has 0 amide bonds. The van der Waals surface area contributed by atoms with E-state index in [1.807, 2.05) is 24.3 Å². The van der Waals surface area contributed by atoms with Crippen molar-refractivity contribution in [2.75, 3.05) is 33.4 Å². The average molecular weight is 291 g/mol. The molecule has 1 aromatic rings. The van der Waals surface area contributed by atoms with Crippen LogP contribution < -0.4 is 9.47 Å². The molecule has 2 aliphatic rings. The van der Waals surface area contributed by atoms with Crippen LogP contribution in [0.1, 0.15) is 12.8 Å². The largest absolute Gasteiger partial charge is 0.486 e. The molecule has 2 atom stereocenters. The van der Waals surface area contributed by atoms with Crippen LogP contribution in [0.2, 0.25) is 0 Å². The van der Waals surface area contributed by atoms with Crippen molar-refractivity contribution in [2.24, 2.45) is 5.92 Å². The maximum atomic E-state index is 11.7. The minimum absolute atomic E-state index is 0.0105. The maximum Gasteiger partial charge on any atom is 0.309 e. The van der Waals surface area contributed by atoms with Gasteiger partial charge in [0, 0.05) is 13.1 Å². The standard InChI is InChI=1S/C16H21NO4/c1-19-16(18)12-5-4-8-17(9-12)10-13-11-20-14-6-2-3-7-15(14)21-13/h2-3,6-7,12-13H,4-5,8-11H2,1H3/t12-,13?/m0/s1. The number of fused-ring (bicyclic) bond motifs is 1. The highest BCUT2D eigenvalue weighted by Gasteiger charge is 2.29. The van der Waals surface area contributed by atoms with Gasteiger partial charge in [-0.15, -0.1) is 0 Å². The summed E-state index contributed by atoms with van der Waals surface area (Å²) >= 11 is 0. The second kappa shape index (κ2) is 6.35. The van der Waals surface area contributed by atoms with Crippen LogP contribution in [-0.4, -0.2) is 50.3 Å². The van der Waals surface area contributed by atoms with Crippen LogP contribution in [0.5, 0.6) is 11.5 Å². The zero-order valence-electron chi connectivity index (χ0n) is 12.3. The molecule has 5 nitrogen and oxygen atoms in total. The molecular formula is C16H21NO4. The van der Waals surface area contributed by atoms with Gasteiger partial charge < -0.3 is 14.2 Å². The predicted octanol–water partition coefficient (Wildman–Crippen LogP) is 1.71. The Balaban J connectivity index is 1.56. The van der Waals surface area contributed by atoms with E-state index in [4.69, 9.17) is 14.2 Å². The van der Waals surface area contributed by atoms with Crippen LogP contribution in [0.25, 0.3) is 0 Å². The highest BCUT2D eigenvalue weighted by atomic mass is 16.6. The van der Waals surface area contributed by atoms with Crippen molar-refractivity contribution in [1.29, 1.82) is 0 Å². The van der Waals surface area contributed by atoms with Gasteiger partial charge in [0.25, 0.3) is 0 Å². The lowest BCUT2D eigenvalue weighted by Crippen LogP contribution is -2.46. The number of piperidine rings is 1. The number of esters is 1. The Hall–Kier alpha value is -1.75. The summed E-state index contributed by atoms with van der Waals surface area (Å²) in [5.41, 5.74) is 0. The molecule has 1 aromatic carbocycles. The van der Waals surface area contributed by atoms with Crippen molar-refractivity contribution in [1.82, 2.24) is 4.90 Å². The zero-order chi connectivity index (χ0) is 14.7. The molecule has 0 aromatic heterocycles. The molecule has 1 saturated heterocycles. The van der Waals surface area contributed by atoms with Crippen molar-refractivity contribution in [3.63, 3.8) is 0 Å². The van der Waals surface area contributed by atoms with Crippen LogP contribution in [0.3, 0.4) is 0 Å². The number of para-hydroxylation sites is 2. The fourth-order valence-corrected chi connectivity index (χ4v) is 3.02. The first-order valence-electron chi connectivity index (χ1n) is 7.45. The number of hydrogen-bond acceptors (Lipinski definition) is 5. The Morgan fingerprint density at radius 1 is 1.38 bits per heavy atom. The molecule has 0 bridgehead atoms.